The predicted octanol–water partition coefficient (Wildman–Crippen LogP) is 3.12. The minimum Gasteiger partial charge on any atom is -0.317 e. The number of carbonyl (C=O) groups excluding carboxylic acids is 2. The largest absolute Gasteiger partial charge is 0.317 e. The first-order chi connectivity index (χ1) is 10.1. The zero-order valence-corrected chi connectivity index (χ0v) is 13.0. The average Bonchev–Trinajstić information content (AvgIpc) is 2.46. The van der Waals surface area contributed by atoms with Crippen molar-refractivity contribution in [3.63, 3.8) is 0 Å². The molecular formula is C15H19N3O2S. The third-order valence-electron chi connectivity index (χ3n) is 3.04. The summed E-state index contributed by atoms with van der Waals surface area (Å²) in [6, 6.07) is 7.56. The van der Waals surface area contributed by atoms with Crippen LogP contribution in [0.2, 0.25) is 0 Å². The van der Waals surface area contributed by atoms with Gasteiger partial charge in [-0.25, -0.2) is 0 Å². The molecule has 0 atom stereocenters. The van der Waals surface area contributed by atoms with E-state index in [9.17, 15) is 9.59 Å². The summed E-state index contributed by atoms with van der Waals surface area (Å²) in [4.78, 5) is 22.9. The van der Waals surface area contributed by atoms with Crippen LogP contribution in [0.1, 0.15) is 32.3 Å². The van der Waals surface area contributed by atoms with Crippen LogP contribution in [0.15, 0.2) is 29.8 Å². The van der Waals surface area contributed by atoms with Crippen LogP contribution in [0.4, 0.5) is 10.5 Å². The number of thioether (sulfide) groups is 1. The fraction of sp³-hybridized carbons (Fsp3) is 0.333. The summed E-state index contributed by atoms with van der Waals surface area (Å²) in [6.07, 6.45) is 1.37. The Labute approximate surface area is 128 Å². The van der Waals surface area contributed by atoms with Crippen molar-refractivity contribution in [3.8, 4) is 0 Å². The van der Waals surface area contributed by atoms with Crippen molar-refractivity contribution < 1.29 is 9.59 Å². The van der Waals surface area contributed by atoms with Crippen LogP contribution in [0.3, 0.4) is 0 Å². The van der Waals surface area contributed by atoms with E-state index in [2.05, 4.69) is 16.2 Å². The van der Waals surface area contributed by atoms with Crippen molar-refractivity contribution in [2.45, 2.75) is 26.7 Å². The summed E-state index contributed by atoms with van der Waals surface area (Å²) >= 11 is 1.28. The molecule has 5 nitrogen and oxygen atoms in total. The number of nitrogens with one attached hydrogen (secondary N) is 3. The lowest BCUT2D eigenvalue weighted by Crippen LogP contribution is -2.40. The predicted molar refractivity (Wildman–Crippen MR) is 86.7 cm³/mol. The molecule has 0 spiro atoms. The van der Waals surface area contributed by atoms with E-state index in [-0.39, 0.29) is 11.1 Å². The van der Waals surface area contributed by atoms with E-state index in [4.69, 9.17) is 0 Å². The molecule has 21 heavy (non-hydrogen) atoms. The van der Waals surface area contributed by atoms with Crippen LogP contribution in [-0.2, 0) is 4.79 Å². The number of anilines is 1. The number of hydrazine groups is 1. The third kappa shape index (κ3) is 4.26. The Morgan fingerprint density at radius 3 is 2.62 bits per heavy atom. The van der Waals surface area contributed by atoms with Gasteiger partial charge in [-0.2, -0.15) is 0 Å². The second-order valence-corrected chi connectivity index (χ2v) is 5.91. The molecule has 1 heterocycles. The maximum absolute atomic E-state index is 11.6. The highest BCUT2D eigenvalue weighted by Crippen LogP contribution is 2.22. The first kappa shape index (κ1) is 15.4. The van der Waals surface area contributed by atoms with Gasteiger partial charge in [0.25, 0.3) is 5.24 Å². The Bertz CT molecular complexity index is 567. The van der Waals surface area contributed by atoms with Crippen molar-refractivity contribution in [1.29, 1.82) is 0 Å². The SMILES string of the molecule is CCCSC(=O)Nc1ccc(C2=C(C)CC(=O)NN2)cc1. The molecule has 0 bridgehead atoms. The number of carbonyl (C=O) groups is 2. The Balaban J connectivity index is 2.04. The minimum atomic E-state index is -0.0388. The molecule has 2 rings (SSSR count). The molecule has 0 aromatic heterocycles. The normalized spacial score (nSPS) is 14.5. The van der Waals surface area contributed by atoms with Crippen molar-refractivity contribution in [1.82, 2.24) is 10.9 Å². The quantitative estimate of drug-likeness (QED) is 0.799. The smallest absolute Gasteiger partial charge is 0.283 e. The zero-order valence-electron chi connectivity index (χ0n) is 12.2. The summed E-state index contributed by atoms with van der Waals surface area (Å²) in [7, 11) is 0. The highest BCUT2D eigenvalue weighted by Gasteiger charge is 2.15. The van der Waals surface area contributed by atoms with Gasteiger partial charge < -0.3 is 5.32 Å². The van der Waals surface area contributed by atoms with Crippen molar-refractivity contribution in [2.24, 2.45) is 0 Å². The molecular weight excluding hydrogens is 286 g/mol. The second-order valence-electron chi connectivity index (χ2n) is 4.84. The molecule has 1 aliphatic heterocycles. The summed E-state index contributed by atoms with van der Waals surface area (Å²) in [5.41, 5.74) is 9.17. The first-order valence-electron chi connectivity index (χ1n) is 6.89. The van der Waals surface area contributed by atoms with Gasteiger partial charge >= 0.3 is 0 Å². The fourth-order valence-corrected chi connectivity index (χ4v) is 2.58. The minimum absolute atomic E-state index is 0.0342. The summed E-state index contributed by atoms with van der Waals surface area (Å²) in [5.74, 6) is 0.785. The molecule has 0 aliphatic carbocycles. The number of rotatable bonds is 4. The summed E-state index contributed by atoms with van der Waals surface area (Å²) < 4.78 is 0. The Hall–Kier alpha value is -1.95. The van der Waals surface area contributed by atoms with Crippen LogP contribution in [0.25, 0.3) is 5.70 Å². The van der Waals surface area contributed by atoms with E-state index in [1.165, 1.54) is 11.8 Å². The van der Waals surface area contributed by atoms with Crippen LogP contribution in [-0.4, -0.2) is 16.9 Å². The molecule has 3 N–H and O–H groups in total. The molecule has 112 valence electrons. The molecule has 1 aromatic rings. The second kappa shape index (κ2) is 7.17. The van der Waals surface area contributed by atoms with Gasteiger partial charge in [0.15, 0.2) is 0 Å². The highest BCUT2D eigenvalue weighted by atomic mass is 32.2. The highest BCUT2D eigenvalue weighted by molar-refractivity contribution is 8.13. The van der Waals surface area contributed by atoms with Crippen LogP contribution >= 0.6 is 11.8 Å². The number of hydrogen-bond acceptors (Lipinski definition) is 4. The Kier molecular flexibility index (Phi) is 5.27. The third-order valence-corrected chi connectivity index (χ3v) is 4.01. The monoisotopic (exact) mass is 305 g/mol. The van der Waals surface area contributed by atoms with E-state index in [0.717, 1.165) is 34.7 Å². The molecule has 2 amide bonds. The van der Waals surface area contributed by atoms with E-state index in [1.807, 2.05) is 38.1 Å². The first-order valence-corrected chi connectivity index (χ1v) is 7.87. The van der Waals surface area contributed by atoms with Crippen LogP contribution in [0, 0.1) is 0 Å². The lowest BCUT2D eigenvalue weighted by atomic mass is 10.0. The zero-order chi connectivity index (χ0) is 15.2. The van der Waals surface area contributed by atoms with Crippen molar-refractivity contribution >= 4 is 34.3 Å². The van der Waals surface area contributed by atoms with E-state index >= 15 is 0 Å². The number of benzene rings is 1. The molecule has 0 saturated heterocycles. The number of hydrogen-bond donors (Lipinski definition) is 3. The molecule has 0 unspecified atom stereocenters. The maximum Gasteiger partial charge on any atom is 0.283 e. The van der Waals surface area contributed by atoms with E-state index in [0.29, 0.717) is 6.42 Å². The topological polar surface area (TPSA) is 70.2 Å². The van der Waals surface area contributed by atoms with Gasteiger partial charge in [-0.05, 0) is 36.6 Å². The van der Waals surface area contributed by atoms with Gasteiger partial charge in [0.1, 0.15) is 0 Å². The standard InChI is InChI=1S/C15H19N3O2S/c1-3-8-21-15(20)16-12-6-4-11(5-7-12)14-10(2)9-13(19)17-18-14/h4-7,18H,3,8-9H2,1-2H3,(H,16,20)(H,17,19). The summed E-state index contributed by atoms with van der Waals surface area (Å²) in [5, 5.41) is 2.80. The van der Waals surface area contributed by atoms with Crippen molar-refractivity contribution in [3.05, 3.63) is 35.4 Å². The number of amides is 2. The molecule has 0 fully saturated rings. The van der Waals surface area contributed by atoms with Gasteiger partial charge in [-0.1, -0.05) is 30.8 Å². The molecule has 1 aliphatic rings. The van der Waals surface area contributed by atoms with Gasteiger partial charge in [0, 0.05) is 11.4 Å². The van der Waals surface area contributed by atoms with Crippen LogP contribution in [0.5, 0.6) is 0 Å². The average molecular weight is 305 g/mol. The lowest BCUT2D eigenvalue weighted by molar-refractivity contribution is -0.121. The fourth-order valence-electron chi connectivity index (χ4n) is 2.00. The van der Waals surface area contributed by atoms with E-state index < -0.39 is 0 Å². The van der Waals surface area contributed by atoms with Gasteiger partial charge in [0.05, 0.1) is 12.1 Å². The lowest BCUT2D eigenvalue weighted by Gasteiger charge is -2.21. The Morgan fingerprint density at radius 2 is 2.00 bits per heavy atom. The van der Waals surface area contributed by atoms with E-state index in [1.54, 1.807) is 0 Å². The summed E-state index contributed by atoms with van der Waals surface area (Å²) in [6.45, 7) is 3.97. The molecule has 0 saturated carbocycles. The Morgan fingerprint density at radius 1 is 1.29 bits per heavy atom. The van der Waals surface area contributed by atoms with Gasteiger partial charge in [-0.15, -0.1) is 0 Å². The van der Waals surface area contributed by atoms with Gasteiger partial charge in [0.2, 0.25) is 5.91 Å². The molecule has 0 radical (unpaired) electrons. The van der Waals surface area contributed by atoms with Gasteiger partial charge in [-0.3, -0.25) is 20.4 Å². The maximum atomic E-state index is 11.6. The van der Waals surface area contributed by atoms with Crippen LogP contribution < -0.4 is 16.2 Å². The molecule has 1 aromatic carbocycles. The molecule has 6 heteroatoms. The van der Waals surface area contributed by atoms with Crippen molar-refractivity contribution in [2.75, 3.05) is 11.1 Å².